The van der Waals surface area contributed by atoms with Gasteiger partial charge in [0, 0.05) is 10.9 Å². The fourth-order valence-corrected chi connectivity index (χ4v) is 3.35. The molecule has 0 fully saturated rings. The van der Waals surface area contributed by atoms with Crippen molar-refractivity contribution in [2.75, 3.05) is 0 Å². The van der Waals surface area contributed by atoms with E-state index >= 15 is 0 Å². The third-order valence-corrected chi connectivity index (χ3v) is 4.86. The van der Waals surface area contributed by atoms with Gasteiger partial charge >= 0.3 is 0 Å². The van der Waals surface area contributed by atoms with Crippen molar-refractivity contribution >= 4 is 61.8 Å². The average molecular weight is 380 g/mol. The first-order valence-corrected chi connectivity index (χ1v) is 7.99. The Morgan fingerprint density at radius 3 is 2.76 bits per heavy atom. The van der Waals surface area contributed by atoms with Gasteiger partial charge < -0.3 is 4.98 Å². The zero-order chi connectivity index (χ0) is 14.6. The van der Waals surface area contributed by atoms with E-state index in [2.05, 4.69) is 50.2 Å². The molecule has 0 spiro atoms. The standard InChI is InChI=1S/C16H9BrCl2N2/c17-11-2-1-8-3-10(4-9(8)5-11)16-20-14-6-12(18)13(19)7-15(14)21-16/h1-3,5-7H,4H2,(H,20,21). The van der Waals surface area contributed by atoms with Gasteiger partial charge in [0.2, 0.25) is 0 Å². The van der Waals surface area contributed by atoms with Crippen molar-refractivity contribution in [3.8, 4) is 0 Å². The van der Waals surface area contributed by atoms with E-state index in [-0.39, 0.29) is 0 Å². The number of aromatic amines is 1. The van der Waals surface area contributed by atoms with Gasteiger partial charge in [0.05, 0.1) is 21.1 Å². The Balaban J connectivity index is 1.79. The van der Waals surface area contributed by atoms with Gasteiger partial charge in [-0.3, -0.25) is 0 Å². The van der Waals surface area contributed by atoms with Crippen LogP contribution in [0.15, 0.2) is 34.8 Å². The Kier molecular flexibility index (Phi) is 3.10. The molecule has 0 amide bonds. The quantitative estimate of drug-likeness (QED) is 0.574. The highest BCUT2D eigenvalue weighted by atomic mass is 79.9. The number of fused-ring (bicyclic) bond motifs is 2. The van der Waals surface area contributed by atoms with Crippen molar-refractivity contribution < 1.29 is 0 Å². The number of rotatable bonds is 1. The van der Waals surface area contributed by atoms with Crippen molar-refractivity contribution in [1.82, 2.24) is 9.97 Å². The minimum Gasteiger partial charge on any atom is -0.338 e. The highest BCUT2D eigenvalue weighted by Gasteiger charge is 2.17. The molecule has 4 rings (SSSR count). The van der Waals surface area contributed by atoms with Crippen LogP contribution >= 0.6 is 39.1 Å². The Morgan fingerprint density at radius 2 is 1.90 bits per heavy atom. The Bertz CT molecular complexity index is 873. The molecule has 0 aliphatic heterocycles. The van der Waals surface area contributed by atoms with E-state index in [0.29, 0.717) is 10.0 Å². The molecule has 21 heavy (non-hydrogen) atoms. The van der Waals surface area contributed by atoms with Crippen LogP contribution < -0.4 is 0 Å². The number of hydrogen-bond acceptors (Lipinski definition) is 1. The summed E-state index contributed by atoms with van der Waals surface area (Å²) in [5.41, 5.74) is 5.45. The summed E-state index contributed by atoms with van der Waals surface area (Å²) in [7, 11) is 0. The molecule has 0 saturated carbocycles. The molecule has 2 aromatic carbocycles. The average Bonchev–Trinajstić information content (AvgIpc) is 3.02. The summed E-state index contributed by atoms with van der Waals surface area (Å²) in [4.78, 5) is 7.94. The predicted molar refractivity (Wildman–Crippen MR) is 91.8 cm³/mol. The maximum atomic E-state index is 6.05. The van der Waals surface area contributed by atoms with E-state index in [1.807, 2.05) is 6.07 Å². The highest BCUT2D eigenvalue weighted by molar-refractivity contribution is 9.10. The lowest BCUT2D eigenvalue weighted by molar-refractivity contribution is 1.20. The molecular weight excluding hydrogens is 371 g/mol. The SMILES string of the molecule is Clc1cc2nc(C3=Cc4ccc(Br)cc4C3)[nH]c2cc1Cl. The van der Waals surface area contributed by atoms with E-state index in [1.54, 1.807) is 6.07 Å². The van der Waals surface area contributed by atoms with E-state index in [1.165, 1.54) is 16.7 Å². The topological polar surface area (TPSA) is 28.7 Å². The fourth-order valence-electron chi connectivity index (χ4n) is 2.62. The molecule has 1 aromatic heterocycles. The molecule has 0 radical (unpaired) electrons. The number of benzene rings is 2. The zero-order valence-electron chi connectivity index (χ0n) is 10.8. The molecule has 2 nitrogen and oxygen atoms in total. The predicted octanol–water partition coefficient (Wildman–Crippen LogP) is 5.73. The first-order valence-electron chi connectivity index (χ1n) is 6.44. The molecule has 1 N–H and O–H groups in total. The minimum absolute atomic E-state index is 0.523. The molecule has 5 heteroatoms. The minimum atomic E-state index is 0.523. The van der Waals surface area contributed by atoms with Crippen molar-refractivity contribution in [3.63, 3.8) is 0 Å². The second-order valence-corrected chi connectivity index (χ2v) is 6.79. The van der Waals surface area contributed by atoms with Gasteiger partial charge in [-0.2, -0.15) is 0 Å². The molecule has 3 aromatic rings. The van der Waals surface area contributed by atoms with Crippen LogP contribution in [0.3, 0.4) is 0 Å². The number of allylic oxidation sites excluding steroid dienone is 1. The molecule has 104 valence electrons. The number of halogens is 3. The third kappa shape index (κ3) is 2.30. The van der Waals surface area contributed by atoms with Crippen LogP contribution in [0.25, 0.3) is 22.7 Å². The van der Waals surface area contributed by atoms with E-state index in [4.69, 9.17) is 23.2 Å². The van der Waals surface area contributed by atoms with Crippen LogP contribution in [0.4, 0.5) is 0 Å². The van der Waals surface area contributed by atoms with Gasteiger partial charge in [-0.15, -0.1) is 0 Å². The lowest BCUT2D eigenvalue weighted by atomic mass is 10.1. The fraction of sp³-hybridized carbons (Fsp3) is 0.0625. The van der Waals surface area contributed by atoms with Crippen LogP contribution in [-0.4, -0.2) is 9.97 Å². The largest absolute Gasteiger partial charge is 0.338 e. The lowest BCUT2D eigenvalue weighted by Gasteiger charge is -1.98. The second kappa shape index (κ2) is 4.87. The van der Waals surface area contributed by atoms with Gasteiger partial charge in [-0.1, -0.05) is 45.2 Å². The van der Waals surface area contributed by atoms with Gasteiger partial charge in [0.15, 0.2) is 0 Å². The highest BCUT2D eigenvalue weighted by Crippen LogP contribution is 2.34. The Labute approximate surface area is 139 Å². The summed E-state index contributed by atoms with van der Waals surface area (Å²) in [6.07, 6.45) is 3.04. The maximum absolute atomic E-state index is 6.05. The summed E-state index contributed by atoms with van der Waals surface area (Å²) in [6, 6.07) is 9.92. The molecule has 1 heterocycles. The summed E-state index contributed by atoms with van der Waals surface area (Å²) in [6.45, 7) is 0. The summed E-state index contributed by atoms with van der Waals surface area (Å²) in [5.74, 6) is 0.871. The van der Waals surface area contributed by atoms with Gasteiger partial charge in [0.1, 0.15) is 5.82 Å². The number of nitrogens with zero attached hydrogens (tertiary/aromatic N) is 1. The maximum Gasteiger partial charge on any atom is 0.134 e. The van der Waals surface area contributed by atoms with Crippen molar-refractivity contribution in [1.29, 1.82) is 0 Å². The summed E-state index contributed by atoms with van der Waals surface area (Å²) in [5, 5.41) is 1.06. The number of H-pyrrole nitrogens is 1. The van der Waals surface area contributed by atoms with Gasteiger partial charge in [-0.05, 0) is 47.0 Å². The van der Waals surface area contributed by atoms with Crippen LogP contribution in [0.2, 0.25) is 10.0 Å². The summed E-state index contributed by atoms with van der Waals surface area (Å²) >= 11 is 15.6. The first-order chi connectivity index (χ1) is 10.1. The van der Waals surface area contributed by atoms with E-state index in [0.717, 1.165) is 27.8 Å². The number of imidazole rings is 1. The van der Waals surface area contributed by atoms with Crippen molar-refractivity contribution in [2.45, 2.75) is 6.42 Å². The molecule has 0 bridgehead atoms. The number of hydrogen-bond donors (Lipinski definition) is 1. The Hall–Kier alpha value is -1.29. The van der Waals surface area contributed by atoms with Crippen LogP contribution in [-0.2, 0) is 6.42 Å². The number of nitrogens with one attached hydrogen (secondary N) is 1. The summed E-state index contributed by atoms with van der Waals surface area (Å²) < 4.78 is 1.10. The molecule has 0 saturated heterocycles. The lowest BCUT2D eigenvalue weighted by Crippen LogP contribution is -1.87. The Morgan fingerprint density at radius 1 is 1.10 bits per heavy atom. The van der Waals surface area contributed by atoms with Crippen LogP contribution in [0.1, 0.15) is 17.0 Å². The van der Waals surface area contributed by atoms with Crippen LogP contribution in [0, 0.1) is 0 Å². The van der Waals surface area contributed by atoms with Crippen molar-refractivity contribution in [3.05, 3.63) is 61.8 Å². The molecule has 1 aliphatic carbocycles. The van der Waals surface area contributed by atoms with E-state index in [9.17, 15) is 0 Å². The molecule has 0 atom stereocenters. The smallest absolute Gasteiger partial charge is 0.134 e. The van der Waals surface area contributed by atoms with Gasteiger partial charge in [0.25, 0.3) is 0 Å². The third-order valence-electron chi connectivity index (χ3n) is 3.64. The van der Waals surface area contributed by atoms with Gasteiger partial charge in [-0.25, -0.2) is 4.98 Å². The van der Waals surface area contributed by atoms with E-state index < -0.39 is 0 Å². The molecule has 1 aliphatic rings. The van der Waals surface area contributed by atoms with Crippen molar-refractivity contribution in [2.24, 2.45) is 0 Å². The first kappa shape index (κ1) is 13.4. The number of aromatic nitrogens is 2. The second-order valence-electron chi connectivity index (χ2n) is 5.06. The van der Waals surface area contributed by atoms with Crippen LogP contribution in [0.5, 0.6) is 0 Å². The molecular formula is C16H9BrCl2N2. The monoisotopic (exact) mass is 378 g/mol. The molecule has 0 unspecified atom stereocenters. The zero-order valence-corrected chi connectivity index (χ0v) is 13.9. The normalized spacial score (nSPS) is 13.6.